The van der Waals surface area contributed by atoms with E-state index in [2.05, 4.69) is 12.2 Å². The number of amides is 1. The Balaban J connectivity index is 2.22. The predicted molar refractivity (Wildman–Crippen MR) is 104 cm³/mol. The van der Waals surface area contributed by atoms with Crippen molar-refractivity contribution >= 4 is 35.0 Å². The molecule has 0 spiro atoms. The lowest BCUT2D eigenvalue weighted by Crippen LogP contribution is -2.16. The number of halogens is 1. The van der Waals surface area contributed by atoms with E-state index in [1.54, 1.807) is 12.1 Å². The fourth-order valence-electron chi connectivity index (χ4n) is 2.08. The van der Waals surface area contributed by atoms with Gasteiger partial charge in [-0.15, -0.1) is 11.8 Å². The molecule has 0 atom stereocenters. The summed E-state index contributed by atoms with van der Waals surface area (Å²) >= 11 is 7.24. The quantitative estimate of drug-likeness (QED) is 0.556. The van der Waals surface area contributed by atoms with Crippen molar-refractivity contribution < 1.29 is 4.79 Å². The van der Waals surface area contributed by atoms with Crippen LogP contribution in [0.1, 0.15) is 18.1 Å². The highest BCUT2D eigenvalue weighted by molar-refractivity contribution is 8.02. The maximum atomic E-state index is 11.6. The molecule has 0 radical (unpaired) electrons. The summed E-state index contributed by atoms with van der Waals surface area (Å²) in [6.45, 7) is 2.08. The van der Waals surface area contributed by atoms with Crippen molar-refractivity contribution in [2.75, 3.05) is 5.32 Å². The van der Waals surface area contributed by atoms with Crippen LogP contribution in [0, 0.1) is 11.3 Å². The van der Waals surface area contributed by atoms with Crippen molar-refractivity contribution in [3.63, 3.8) is 0 Å². The zero-order valence-corrected chi connectivity index (χ0v) is 15.3. The lowest BCUT2D eigenvalue weighted by Gasteiger charge is -2.13. The molecule has 6 heteroatoms. The molecule has 0 heterocycles. The van der Waals surface area contributed by atoms with E-state index >= 15 is 0 Å². The van der Waals surface area contributed by atoms with Gasteiger partial charge in [0, 0.05) is 16.5 Å². The third-order valence-electron chi connectivity index (χ3n) is 3.50. The monoisotopic (exact) mass is 371 g/mol. The lowest BCUT2D eigenvalue weighted by molar-refractivity contribution is -0.114. The summed E-state index contributed by atoms with van der Waals surface area (Å²) in [6.07, 6.45) is 0.943. The van der Waals surface area contributed by atoms with E-state index in [-0.39, 0.29) is 5.57 Å². The number of nitrogens with one attached hydrogen (secondary N) is 1. The zero-order chi connectivity index (χ0) is 18.2. The first-order valence-electron chi connectivity index (χ1n) is 7.71. The van der Waals surface area contributed by atoms with Crippen LogP contribution in [0.5, 0.6) is 0 Å². The van der Waals surface area contributed by atoms with Crippen molar-refractivity contribution in [2.45, 2.75) is 19.1 Å². The molecule has 0 aromatic heterocycles. The number of rotatable bonds is 7. The van der Waals surface area contributed by atoms with Gasteiger partial charge in [0.2, 0.25) is 0 Å². The summed E-state index contributed by atoms with van der Waals surface area (Å²) in [5.41, 5.74) is 8.29. The SMILES string of the molecule is CCc1ccc(N/C(SCc2ccc(Cl)cc2)=C(/C#N)C(N)=O)cc1. The molecule has 2 rings (SSSR count). The Labute approximate surface area is 156 Å². The standard InChI is InChI=1S/C19H18ClN3OS/c1-2-13-5-9-16(10-6-13)23-19(17(11-21)18(22)24)25-12-14-3-7-15(20)8-4-14/h3-10,23H,2,12H2,1H3,(H2,22,24)/b19-17+. The number of thioether (sulfide) groups is 1. The summed E-state index contributed by atoms with van der Waals surface area (Å²) < 4.78 is 0. The number of primary amides is 1. The summed E-state index contributed by atoms with van der Waals surface area (Å²) in [7, 11) is 0. The average Bonchev–Trinajstić information content (AvgIpc) is 2.61. The molecule has 0 aliphatic rings. The van der Waals surface area contributed by atoms with Crippen LogP contribution in [0.3, 0.4) is 0 Å². The number of nitriles is 1. The van der Waals surface area contributed by atoms with Gasteiger partial charge in [-0.25, -0.2) is 0 Å². The van der Waals surface area contributed by atoms with Crippen molar-refractivity contribution in [1.29, 1.82) is 5.26 Å². The van der Waals surface area contributed by atoms with E-state index in [0.29, 0.717) is 15.8 Å². The van der Waals surface area contributed by atoms with E-state index in [4.69, 9.17) is 17.3 Å². The molecule has 2 aromatic carbocycles. The second kappa shape index (κ2) is 9.16. The van der Waals surface area contributed by atoms with Crippen LogP contribution in [0.4, 0.5) is 5.69 Å². The van der Waals surface area contributed by atoms with Crippen LogP contribution in [-0.2, 0) is 17.0 Å². The Hall–Kier alpha value is -2.42. The fourth-order valence-corrected chi connectivity index (χ4v) is 3.19. The highest BCUT2D eigenvalue weighted by Crippen LogP contribution is 2.27. The van der Waals surface area contributed by atoms with Crippen molar-refractivity contribution in [3.8, 4) is 6.07 Å². The maximum Gasteiger partial charge on any atom is 0.262 e. The minimum atomic E-state index is -0.751. The third kappa shape index (κ3) is 5.56. The van der Waals surface area contributed by atoms with E-state index in [0.717, 1.165) is 17.7 Å². The van der Waals surface area contributed by atoms with Gasteiger partial charge in [0.25, 0.3) is 5.91 Å². The van der Waals surface area contributed by atoms with E-state index in [9.17, 15) is 10.1 Å². The molecule has 2 aromatic rings. The van der Waals surface area contributed by atoms with Gasteiger partial charge in [0.15, 0.2) is 0 Å². The first-order chi connectivity index (χ1) is 12.0. The molecule has 0 unspecified atom stereocenters. The number of benzene rings is 2. The highest BCUT2D eigenvalue weighted by Gasteiger charge is 2.14. The summed E-state index contributed by atoms with van der Waals surface area (Å²) in [5, 5.41) is 13.5. The van der Waals surface area contributed by atoms with Crippen molar-refractivity contribution in [2.24, 2.45) is 5.73 Å². The Bertz CT molecular complexity index is 808. The zero-order valence-electron chi connectivity index (χ0n) is 13.8. The summed E-state index contributed by atoms with van der Waals surface area (Å²) in [4.78, 5) is 11.6. The minimum absolute atomic E-state index is 0.0847. The van der Waals surface area contributed by atoms with E-state index < -0.39 is 5.91 Å². The number of nitrogens with two attached hydrogens (primary N) is 1. The second-order valence-electron chi connectivity index (χ2n) is 5.27. The molecule has 25 heavy (non-hydrogen) atoms. The lowest BCUT2D eigenvalue weighted by atomic mass is 10.1. The van der Waals surface area contributed by atoms with Crippen LogP contribution in [0.25, 0.3) is 0 Å². The van der Waals surface area contributed by atoms with Crippen LogP contribution in [0.2, 0.25) is 5.02 Å². The molecule has 4 nitrogen and oxygen atoms in total. The van der Waals surface area contributed by atoms with Gasteiger partial charge < -0.3 is 11.1 Å². The Kier molecular flexibility index (Phi) is 6.93. The summed E-state index contributed by atoms with van der Waals surface area (Å²) in [5.74, 6) is -0.177. The van der Waals surface area contributed by atoms with Gasteiger partial charge in [-0.3, -0.25) is 4.79 Å². The normalized spacial score (nSPS) is 11.4. The predicted octanol–water partition coefficient (Wildman–Crippen LogP) is 4.47. The molecule has 0 aliphatic carbocycles. The molecular weight excluding hydrogens is 354 g/mol. The number of hydrogen-bond acceptors (Lipinski definition) is 4. The van der Waals surface area contributed by atoms with Gasteiger partial charge in [0.05, 0.1) is 5.03 Å². The average molecular weight is 372 g/mol. The maximum absolute atomic E-state index is 11.6. The molecule has 0 fully saturated rings. The van der Waals surface area contributed by atoms with Gasteiger partial charge >= 0.3 is 0 Å². The van der Waals surface area contributed by atoms with Crippen LogP contribution in [-0.4, -0.2) is 5.91 Å². The van der Waals surface area contributed by atoms with Crippen LogP contribution < -0.4 is 11.1 Å². The first kappa shape index (κ1) is 18.9. The van der Waals surface area contributed by atoms with Gasteiger partial charge in [0.1, 0.15) is 11.6 Å². The molecule has 3 N–H and O–H groups in total. The van der Waals surface area contributed by atoms with Crippen LogP contribution >= 0.6 is 23.4 Å². The fraction of sp³-hybridized carbons (Fsp3) is 0.158. The first-order valence-corrected chi connectivity index (χ1v) is 9.07. The molecular formula is C19H18ClN3OS. The van der Waals surface area contributed by atoms with Crippen LogP contribution in [0.15, 0.2) is 59.1 Å². The van der Waals surface area contributed by atoms with Crippen molar-refractivity contribution in [1.82, 2.24) is 0 Å². The Morgan fingerprint density at radius 1 is 1.16 bits per heavy atom. The topological polar surface area (TPSA) is 78.9 Å². The molecule has 0 saturated heterocycles. The smallest absolute Gasteiger partial charge is 0.262 e. The number of anilines is 1. The molecule has 0 bridgehead atoms. The number of carbonyl (C=O) groups is 1. The van der Waals surface area contributed by atoms with E-state index in [1.165, 1.54) is 17.3 Å². The van der Waals surface area contributed by atoms with Gasteiger partial charge in [-0.05, 0) is 41.8 Å². The van der Waals surface area contributed by atoms with Crippen molar-refractivity contribution in [3.05, 3.63) is 75.3 Å². The van der Waals surface area contributed by atoms with E-state index in [1.807, 2.05) is 42.5 Å². The molecule has 0 aliphatic heterocycles. The molecule has 128 valence electrons. The highest BCUT2D eigenvalue weighted by atomic mass is 35.5. The molecule has 1 amide bonds. The van der Waals surface area contributed by atoms with Gasteiger partial charge in [-0.2, -0.15) is 5.26 Å². The largest absolute Gasteiger partial charge is 0.365 e. The molecule has 0 saturated carbocycles. The summed E-state index contributed by atoms with van der Waals surface area (Å²) in [6, 6.07) is 17.1. The number of hydrogen-bond donors (Lipinski definition) is 2. The number of carbonyl (C=O) groups excluding carboxylic acids is 1. The number of aryl methyl sites for hydroxylation is 1. The Morgan fingerprint density at radius 2 is 1.76 bits per heavy atom. The Morgan fingerprint density at radius 3 is 2.28 bits per heavy atom. The minimum Gasteiger partial charge on any atom is -0.365 e. The second-order valence-corrected chi connectivity index (χ2v) is 6.69. The number of nitrogens with zero attached hydrogens (tertiary/aromatic N) is 1. The third-order valence-corrected chi connectivity index (χ3v) is 4.83. The van der Waals surface area contributed by atoms with Gasteiger partial charge in [-0.1, -0.05) is 42.8 Å².